The van der Waals surface area contributed by atoms with Crippen LogP contribution in [0, 0.1) is 0 Å². The molecule has 0 aliphatic carbocycles. The van der Waals surface area contributed by atoms with Gasteiger partial charge in [0.15, 0.2) is 0 Å². The highest BCUT2D eigenvalue weighted by Gasteiger charge is 2.42. The van der Waals surface area contributed by atoms with Crippen LogP contribution >= 0.6 is 18.2 Å². The number of methoxy groups -OCH3 is 2. The quantitative estimate of drug-likeness (QED) is 0.360. The summed E-state index contributed by atoms with van der Waals surface area (Å²) in [6.45, 7) is -2.90. The number of rotatable bonds is 10. The van der Waals surface area contributed by atoms with Gasteiger partial charge in [0.25, 0.3) is 0 Å². The van der Waals surface area contributed by atoms with Gasteiger partial charge >= 0.3 is 6.80 Å². The van der Waals surface area contributed by atoms with Crippen molar-refractivity contribution < 1.29 is 32.6 Å². The lowest BCUT2D eigenvalue weighted by Crippen LogP contribution is -2.28. The first-order valence-electron chi connectivity index (χ1n) is 8.76. The van der Waals surface area contributed by atoms with Gasteiger partial charge in [-0.05, 0) is 24.2 Å². The second-order valence-corrected chi connectivity index (χ2v) is 10.6. The zero-order valence-electron chi connectivity index (χ0n) is 15.7. The Balaban J connectivity index is 1.93. The molecule has 2 aliphatic rings. The fourth-order valence-corrected chi connectivity index (χ4v) is 6.51. The van der Waals surface area contributed by atoms with Crippen LogP contribution in [0.2, 0.25) is 0 Å². The van der Waals surface area contributed by atoms with Crippen LogP contribution in [-0.2, 0) is 32.6 Å². The molecule has 0 amide bonds. The summed E-state index contributed by atoms with van der Waals surface area (Å²) >= 11 is 1.17. The maximum atomic E-state index is 13.0. The second kappa shape index (κ2) is 10.2. The predicted octanol–water partition coefficient (Wildman–Crippen LogP) is -0.632. The van der Waals surface area contributed by atoms with E-state index in [-0.39, 0.29) is 36.4 Å². The molecule has 2 heterocycles. The molecule has 0 spiro atoms. The van der Waals surface area contributed by atoms with Gasteiger partial charge in [0.05, 0.1) is 32.7 Å². The molecule has 25 heavy (non-hydrogen) atoms. The van der Waals surface area contributed by atoms with Gasteiger partial charge in [-0.15, -0.1) is 0 Å². The van der Waals surface area contributed by atoms with Crippen molar-refractivity contribution in [3.05, 3.63) is 0 Å². The molecule has 7 nitrogen and oxygen atoms in total. The molecule has 2 aliphatic heterocycles. The van der Waals surface area contributed by atoms with Gasteiger partial charge in [-0.3, -0.25) is 4.52 Å². The minimum Gasteiger partial charge on any atom is -0.382 e. The van der Waals surface area contributed by atoms with E-state index in [9.17, 15) is 4.57 Å². The van der Waals surface area contributed by atoms with Crippen LogP contribution in [0.3, 0.4) is 0 Å². The third-order valence-corrected chi connectivity index (χ3v) is 8.51. The molecule has 142 valence electrons. The largest absolute Gasteiger partial charge is 0.389 e. The van der Waals surface area contributed by atoms with E-state index in [1.807, 2.05) is 7.85 Å². The van der Waals surface area contributed by atoms with Crippen LogP contribution < -0.4 is 0 Å². The molecule has 0 N–H and O–H groups in total. The first kappa shape index (κ1) is 21.8. The van der Waals surface area contributed by atoms with Crippen LogP contribution in [0.15, 0.2) is 0 Å². The van der Waals surface area contributed by atoms with E-state index in [1.165, 1.54) is 18.5 Å². The molecule has 2 rings (SSSR count). The molecule has 0 aromatic rings. The van der Waals surface area contributed by atoms with Crippen molar-refractivity contribution >= 4 is 40.9 Å². The lowest BCUT2D eigenvalue weighted by Gasteiger charge is -2.24. The van der Waals surface area contributed by atoms with Gasteiger partial charge in [-0.25, -0.2) is 4.57 Å². The Morgan fingerprint density at radius 1 is 1.20 bits per heavy atom. The van der Waals surface area contributed by atoms with E-state index in [0.29, 0.717) is 18.8 Å². The molecule has 0 aromatic heterocycles. The van der Waals surface area contributed by atoms with Crippen molar-refractivity contribution in [1.82, 2.24) is 0 Å². The number of hydrogen-bond acceptors (Lipinski definition) is 8. The summed E-state index contributed by atoms with van der Waals surface area (Å²) in [5, 5.41) is 0. The first-order chi connectivity index (χ1) is 11.9. The summed E-state index contributed by atoms with van der Waals surface area (Å²) in [5.74, 6) is 0.494. The van der Waals surface area contributed by atoms with Gasteiger partial charge in [0.2, 0.25) is 0 Å². The van der Waals surface area contributed by atoms with Crippen molar-refractivity contribution in [2.24, 2.45) is 0 Å². The van der Waals surface area contributed by atoms with Crippen molar-refractivity contribution in [3.8, 4) is 0 Å². The van der Waals surface area contributed by atoms with Crippen molar-refractivity contribution in [3.63, 3.8) is 0 Å². The summed E-state index contributed by atoms with van der Waals surface area (Å²) in [4.78, 5) is 0. The Kier molecular flexibility index (Phi) is 8.89. The Labute approximate surface area is 156 Å². The fraction of sp³-hybridized carbons (Fsp3) is 1.00. The van der Waals surface area contributed by atoms with Crippen LogP contribution in [0.5, 0.6) is 0 Å². The zero-order chi connectivity index (χ0) is 18.4. The Hall–Kier alpha value is 0.535. The van der Waals surface area contributed by atoms with Gasteiger partial charge in [-0.2, -0.15) is 0 Å². The molecule has 2 fully saturated rings. The minimum absolute atomic E-state index is 0.00771. The topological polar surface area (TPSA) is 72.5 Å². The number of ether oxygens (including phenoxy) is 4. The molecular weight excluding hydrogens is 364 g/mol. The van der Waals surface area contributed by atoms with E-state index in [4.69, 9.17) is 28.0 Å². The third kappa shape index (κ3) is 6.01. The maximum Gasteiger partial charge on any atom is 0.389 e. The standard InChI is InChI=1S/C13H28B3O7PS/c1-18-6-10-9(5-13(16-15)22-10)23-24(17,20-3)25-7-11-8(19-2)4-12(14)21-11/h8-13,16H,4-7,14-15H2,1-3H3. The summed E-state index contributed by atoms with van der Waals surface area (Å²) in [6.07, 6.45) is 0.891. The Morgan fingerprint density at radius 3 is 2.56 bits per heavy atom. The molecule has 0 bridgehead atoms. The Morgan fingerprint density at radius 2 is 1.96 bits per heavy atom. The average molecular weight is 392 g/mol. The molecular formula is C13H28B3O7PS. The summed E-state index contributed by atoms with van der Waals surface area (Å²) in [7, 11) is 9.66. The van der Waals surface area contributed by atoms with Gasteiger partial charge in [-0.1, -0.05) is 0 Å². The molecule has 0 aromatic carbocycles. The van der Waals surface area contributed by atoms with Crippen molar-refractivity contribution in [1.29, 1.82) is 0 Å². The molecule has 0 saturated carbocycles. The lowest BCUT2D eigenvalue weighted by molar-refractivity contribution is -0.0124. The smallest absolute Gasteiger partial charge is 0.382 e. The van der Waals surface area contributed by atoms with E-state index in [0.717, 1.165) is 13.6 Å². The SMILES string of the molecule is BBC1CC(OP(=O)(OC)SCC2OC(B)CC2OC)C(COC)O1. The predicted molar refractivity (Wildman–Crippen MR) is 105 cm³/mol. The van der Waals surface area contributed by atoms with Gasteiger partial charge in [0.1, 0.15) is 21.1 Å². The normalized spacial score (nSPS) is 37.9. The lowest BCUT2D eigenvalue weighted by atomic mass is 9.51. The summed E-state index contributed by atoms with van der Waals surface area (Å²) in [5.41, 5.74) is 0. The maximum absolute atomic E-state index is 13.0. The van der Waals surface area contributed by atoms with Crippen LogP contribution in [0.1, 0.15) is 12.8 Å². The molecule has 0 radical (unpaired) electrons. The van der Waals surface area contributed by atoms with Crippen LogP contribution in [0.25, 0.3) is 0 Å². The van der Waals surface area contributed by atoms with E-state index < -0.39 is 6.80 Å². The van der Waals surface area contributed by atoms with Gasteiger partial charge in [0, 0.05) is 39.1 Å². The van der Waals surface area contributed by atoms with Crippen molar-refractivity contribution in [2.45, 2.75) is 49.3 Å². The highest BCUT2D eigenvalue weighted by molar-refractivity contribution is 8.55. The van der Waals surface area contributed by atoms with Crippen LogP contribution in [0.4, 0.5) is 0 Å². The van der Waals surface area contributed by atoms with E-state index >= 15 is 0 Å². The van der Waals surface area contributed by atoms with E-state index in [1.54, 1.807) is 14.2 Å². The summed E-state index contributed by atoms with van der Waals surface area (Å²) < 4.78 is 46.6. The van der Waals surface area contributed by atoms with E-state index in [2.05, 4.69) is 7.74 Å². The molecule has 2 saturated heterocycles. The Bertz CT molecular complexity index is 463. The third-order valence-electron chi connectivity index (χ3n) is 4.64. The van der Waals surface area contributed by atoms with Gasteiger partial charge < -0.3 is 23.5 Å². The molecule has 12 heteroatoms. The average Bonchev–Trinajstić information content (AvgIpc) is 3.16. The van der Waals surface area contributed by atoms with Crippen molar-refractivity contribution in [2.75, 3.05) is 33.7 Å². The molecule has 7 unspecified atom stereocenters. The van der Waals surface area contributed by atoms with Crippen LogP contribution in [-0.4, -0.2) is 92.9 Å². The second-order valence-electron chi connectivity index (χ2n) is 6.46. The minimum atomic E-state index is -3.31. The highest BCUT2D eigenvalue weighted by Crippen LogP contribution is 2.62. The monoisotopic (exact) mass is 392 g/mol. The first-order valence-corrected chi connectivity index (χ1v) is 11.9. The number of hydrogen-bond donors (Lipinski definition) is 0. The summed E-state index contributed by atoms with van der Waals surface area (Å²) in [6, 6.07) is 0.232. The highest BCUT2D eigenvalue weighted by atomic mass is 32.7. The fourth-order valence-electron chi connectivity index (χ4n) is 3.26. The molecule has 7 atom stereocenters. The zero-order valence-corrected chi connectivity index (χ0v) is 17.4.